The number of rotatable bonds is 5. The maximum absolute atomic E-state index is 9.08. The van der Waals surface area contributed by atoms with Gasteiger partial charge in [-0.05, 0) is 64.3 Å². The van der Waals surface area contributed by atoms with E-state index in [0.717, 1.165) is 6.54 Å². The summed E-state index contributed by atoms with van der Waals surface area (Å²) in [6.07, 6.45) is 6.73. The van der Waals surface area contributed by atoms with Gasteiger partial charge in [0.25, 0.3) is 0 Å². The van der Waals surface area contributed by atoms with Crippen LogP contribution >= 0.6 is 0 Å². The molecule has 2 aliphatic heterocycles. The lowest BCUT2D eigenvalue weighted by Crippen LogP contribution is -2.33. The molecule has 0 radical (unpaired) electrons. The number of aliphatic hydroxyl groups excluding tert-OH is 1. The van der Waals surface area contributed by atoms with Crippen molar-refractivity contribution in [3.05, 3.63) is 0 Å². The van der Waals surface area contributed by atoms with E-state index in [1.807, 2.05) is 0 Å². The van der Waals surface area contributed by atoms with Crippen molar-refractivity contribution in [1.29, 1.82) is 0 Å². The Labute approximate surface area is 99.4 Å². The Kier molecular flexibility index (Phi) is 5.07. The third kappa shape index (κ3) is 3.72. The van der Waals surface area contributed by atoms with Crippen LogP contribution in [0.1, 0.15) is 32.1 Å². The summed E-state index contributed by atoms with van der Waals surface area (Å²) in [5.41, 5.74) is 0. The van der Waals surface area contributed by atoms with E-state index >= 15 is 0 Å². The summed E-state index contributed by atoms with van der Waals surface area (Å²) < 4.78 is 0. The lowest BCUT2D eigenvalue weighted by Gasteiger charge is -2.27. The lowest BCUT2D eigenvalue weighted by atomic mass is 10.1. The van der Waals surface area contributed by atoms with Crippen LogP contribution in [0.4, 0.5) is 0 Å². The fraction of sp³-hybridized carbons (Fsp3) is 1.00. The number of aliphatic hydroxyl groups is 1. The molecule has 0 spiro atoms. The van der Waals surface area contributed by atoms with Gasteiger partial charge in [-0.2, -0.15) is 0 Å². The molecule has 2 heterocycles. The van der Waals surface area contributed by atoms with E-state index in [1.54, 1.807) is 0 Å². The summed E-state index contributed by atoms with van der Waals surface area (Å²) in [5, 5.41) is 9.08. The first kappa shape index (κ1) is 12.3. The standard InChI is InChI=1S/C13H26N2O/c16-12-13-5-10-15(11-13)9-4-8-14-6-2-1-3-7-14/h13,16H,1-12H2. The molecular formula is C13H26N2O. The Bertz CT molecular complexity index is 192. The Morgan fingerprint density at radius 1 is 0.938 bits per heavy atom. The Balaban J connectivity index is 1.54. The summed E-state index contributed by atoms with van der Waals surface area (Å²) in [4.78, 5) is 5.13. The number of piperidine rings is 1. The second kappa shape index (κ2) is 6.58. The second-order valence-corrected chi connectivity index (χ2v) is 5.39. The topological polar surface area (TPSA) is 26.7 Å². The van der Waals surface area contributed by atoms with Gasteiger partial charge in [0.2, 0.25) is 0 Å². The average Bonchev–Trinajstić information content (AvgIpc) is 2.78. The minimum Gasteiger partial charge on any atom is -0.396 e. The summed E-state index contributed by atoms with van der Waals surface area (Å²) in [5.74, 6) is 0.551. The maximum atomic E-state index is 9.08. The van der Waals surface area contributed by atoms with Gasteiger partial charge in [-0.1, -0.05) is 6.42 Å². The van der Waals surface area contributed by atoms with Crippen molar-refractivity contribution in [2.24, 2.45) is 5.92 Å². The predicted octanol–water partition coefficient (Wildman–Crippen LogP) is 1.18. The molecule has 0 bridgehead atoms. The van der Waals surface area contributed by atoms with Crippen LogP contribution in [-0.4, -0.2) is 60.8 Å². The molecule has 0 aromatic rings. The largest absolute Gasteiger partial charge is 0.396 e. The van der Waals surface area contributed by atoms with Crippen molar-refractivity contribution < 1.29 is 5.11 Å². The molecule has 94 valence electrons. The highest BCUT2D eigenvalue weighted by Gasteiger charge is 2.21. The van der Waals surface area contributed by atoms with Crippen molar-refractivity contribution >= 4 is 0 Å². The molecule has 2 saturated heterocycles. The average molecular weight is 226 g/mol. The van der Waals surface area contributed by atoms with Crippen molar-refractivity contribution in [2.45, 2.75) is 32.1 Å². The first-order chi connectivity index (χ1) is 7.88. The molecular weight excluding hydrogens is 200 g/mol. The van der Waals surface area contributed by atoms with E-state index in [9.17, 15) is 0 Å². The van der Waals surface area contributed by atoms with E-state index < -0.39 is 0 Å². The number of hydrogen-bond acceptors (Lipinski definition) is 3. The molecule has 1 unspecified atom stereocenters. The van der Waals surface area contributed by atoms with Crippen LogP contribution < -0.4 is 0 Å². The fourth-order valence-corrected chi connectivity index (χ4v) is 2.97. The van der Waals surface area contributed by atoms with Gasteiger partial charge in [0, 0.05) is 13.2 Å². The molecule has 16 heavy (non-hydrogen) atoms. The van der Waals surface area contributed by atoms with Crippen LogP contribution in [-0.2, 0) is 0 Å². The van der Waals surface area contributed by atoms with Crippen molar-refractivity contribution in [3.63, 3.8) is 0 Å². The zero-order valence-electron chi connectivity index (χ0n) is 10.4. The highest BCUT2D eigenvalue weighted by atomic mass is 16.3. The lowest BCUT2D eigenvalue weighted by molar-refractivity contribution is 0.201. The van der Waals surface area contributed by atoms with Crippen LogP contribution in [0, 0.1) is 5.92 Å². The molecule has 2 aliphatic rings. The summed E-state index contributed by atoms with van der Waals surface area (Å²) >= 11 is 0. The number of likely N-dealkylation sites (tertiary alicyclic amines) is 2. The van der Waals surface area contributed by atoms with Crippen LogP contribution in [0.25, 0.3) is 0 Å². The minimum atomic E-state index is 0.378. The predicted molar refractivity (Wildman–Crippen MR) is 66.5 cm³/mol. The number of hydrogen-bond donors (Lipinski definition) is 1. The Hall–Kier alpha value is -0.120. The van der Waals surface area contributed by atoms with Crippen LogP contribution in [0.2, 0.25) is 0 Å². The molecule has 1 atom stereocenters. The molecule has 0 aromatic heterocycles. The molecule has 0 aromatic carbocycles. The third-order valence-electron chi connectivity index (χ3n) is 4.03. The summed E-state index contributed by atoms with van der Waals surface area (Å²) in [6, 6.07) is 0. The molecule has 0 amide bonds. The van der Waals surface area contributed by atoms with Crippen LogP contribution in [0.5, 0.6) is 0 Å². The molecule has 3 nitrogen and oxygen atoms in total. The number of nitrogens with zero attached hydrogens (tertiary/aromatic N) is 2. The molecule has 0 aliphatic carbocycles. The minimum absolute atomic E-state index is 0.378. The molecule has 1 N–H and O–H groups in total. The van der Waals surface area contributed by atoms with E-state index in [0.29, 0.717) is 12.5 Å². The monoisotopic (exact) mass is 226 g/mol. The first-order valence-electron chi connectivity index (χ1n) is 6.94. The second-order valence-electron chi connectivity index (χ2n) is 5.39. The van der Waals surface area contributed by atoms with Gasteiger partial charge in [0.1, 0.15) is 0 Å². The van der Waals surface area contributed by atoms with Crippen molar-refractivity contribution in [3.8, 4) is 0 Å². The third-order valence-corrected chi connectivity index (χ3v) is 4.03. The normalized spacial score (nSPS) is 28.7. The van der Waals surface area contributed by atoms with E-state index in [2.05, 4.69) is 9.80 Å². The van der Waals surface area contributed by atoms with Gasteiger partial charge < -0.3 is 14.9 Å². The SMILES string of the molecule is OCC1CCN(CCCN2CCCCC2)C1. The van der Waals surface area contributed by atoms with Gasteiger partial charge in [0.05, 0.1) is 0 Å². The van der Waals surface area contributed by atoms with Crippen molar-refractivity contribution in [1.82, 2.24) is 9.80 Å². The highest BCUT2D eigenvalue weighted by molar-refractivity contribution is 4.75. The van der Waals surface area contributed by atoms with Crippen LogP contribution in [0.15, 0.2) is 0 Å². The van der Waals surface area contributed by atoms with Gasteiger partial charge in [-0.3, -0.25) is 0 Å². The molecule has 3 heteroatoms. The van der Waals surface area contributed by atoms with Gasteiger partial charge in [-0.25, -0.2) is 0 Å². The van der Waals surface area contributed by atoms with E-state index in [-0.39, 0.29) is 0 Å². The smallest absolute Gasteiger partial charge is 0.0471 e. The summed E-state index contributed by atoms with van der Waals surface area (Å²) in [7, 11) is 0. The maximum Gasteiger partial charge on any atom is 0.0471 e. The van der Waals surface area contributed by atoms with Crippen molar-refractivity contribution in [2.75, 3.05) is 45.9 Å². The zero-order chi connectivity index (χ0) is 11.2. The fourth-order valence-electron chi connectivity index (χ4n) is 2.97. The zero-order valence-corrected chi connectivity index (χ0v) is 10.4. The Morgan fingerprint density at radius 2 is 1.69 bits per heavy atom. The van der Waals surface area contributed by atoms with E-state index in [4.69, 9.17) is 5.11 Å². The summed E-state index contributed by atoms with van der Waals surface area (Å²) in [6.45, 7) is 7.84. The first-order valence-corrected chi connectivity index (χ1v) is 6.94. The molecule has 0 saturated carbocycles. The highest BCUT2D eigenvalue weighted by Crippen LogP contribution is 2.15. The van der Waals surface area contributed by atoms with Gasteiger partial charge in [-0.15, -0.1) is 0 Å². The molecule has 2 fully saturated rings. The van der Waals surface area contributed by atoms with Crippen LogP contribution in [0.3, 0.4) is 0 Å². The van der Waals surface area contributed by atoms with Gasteiger partial charge >= 0.3 is 0 Å². The van der Waals surface area contributed by atoms with Gasteiger partial charge in [0.15, 0.2) is 0 Å². The molecule has 2 rings (SSSR count). The van der Waals surface area contributed by atoms with E-state index in [1.165, 1.54) is 64.8 Å². The Morgan fingerprint density at radius 3 is 2.38 bits per heavy atom. The quantitative estimate of drug-likeness (QED) is 0.762.